The monoisotopic (exact) mass is 257 g/mol. The summed E-state index contributed by atoms with van der Waals surface area (Å²) in [6, 6.07) is 11.5. The predicted molar refractivity (Wildman–Crippen MR) is 74.5 cm³/mol. The molecule has 0 aliphatic rings. The molecule has 1 aromatic carbocycles. The van der Waals surface area contributed by atoms with E-state index in [9.17, 15) is 4.79 Å². The highest BCUT2D eigenvalue weighted by atomic mass is 16.1. The number of aryl methyl sites for hydroxylation is 2. The van der Waals surface area contributed by atoms with Crippen molar-refractivity contribution < 1.29 is 4.79 Å². The van der Waals surface area contributed by atoms with Crippen molar-refractivity contribution in [2.24, 2.45) is 12.8 Å². The number of hydrogen-bond acceptors (Lipinski definition) is 3. The fraction of sp³-hybridized carbons (Fsp3) is 0.333. The lowest BCUT2D eigenvalue weighted by Crippen LogP contribution is -2.16. The molecule has 4 heteroatoms. The second-order valence-electron chi connectivity index (χ2n) is 4.71. The van der Waals surface area contributed by atoms with Gasteiger partial charge < -0.3 is 5.73 Å². The molecule has 100 valence electrons. The fourth-order valence-corrected chi connectivity index (χ4v) is 2.08. The van der Waals surface area contributed by atoms with Gasteiger partial charge in [0.15, 0.2) is 0 Å². The minimum absolute atomic E-state index is 0.192. The van der Waals surface area contributed by atoms with Crippen molar-refractivity contribution in [2.75, 3.05) is 0 Å². The lowest BCUT2D eigenvalue weighted by molar-refractivity contribution is -0.119. The molecule has 1 atom stereocenters. The van der Waals surface area contributed by atoms with Crippen LogP contribution in [0.4, 0.5) is 0 Å². The summed E-state index contributed by atoms with van der Waals surface area (Å²) >= 11 is 0. The van der Waals surface area contributed by atoms with Gasteiger partial charge in [-0.1, -0.05) is 30.3 Å². The van der Waals surface area contributed by atoms with Gasteiger partial charge in [0.1, 0.15) is 5.78 Å². The van der Waals surface area contributed by atoms with Gasteiger partial charge in [0.25, 0.3) is 0 Å². The zero-order chi connectivity index (χ0) is 13.7. The first-order valence-corrected chi connectivity index (χ1v) is 6.46. The number of Topliss-reactive ketones (excluding diaryl/α,β-unsaturated/α-hetero) is 1. The highest BCUT2D eigenvalue weighted by molar-refractivity contribution is 5.79. The van der Waals surface area contributed by atoms with E-state index >= 15 is 0 Å². The lowest BCUT2D eigenvalue weighted by atomic mass is 10.00. The van der Waals surface area contributed by atoms with E-state index < -0.39 is 0 Å². The molecule has 2 aromatic rings. The van der Waals surface area contributed by atoms with E-state index in [0.29, 0.717) is 12.8 Å². The van der Waals surface area contributed by atoms with Crippen LogP contribution in [0.5, 0.6) is 0 Å². The van der Waals surface area contributed by atoms with Gasteiger partial charge in [0, 0.05) is 37.8 Å². The van der Waals surface area contributed by atoms with Crippen LogP contribution >= 0.6 is 0 Å². The lowest BCUT2D eigenvalue weighted by Gasteiger charge is -2.11. The summed E-state index contributed by atoms with van der Waals surface area (Å²) in [5, 5.41) is 4.08. The molecule has 0 saturated heterocycles. The third kappa shape index (κ3) is 3.76. The van der Waals surface area contributed by atoms with Gasteiger partial charge in [-0.25, -0.2) is 0 Å². The Bertz CT molecular complexity index is 533. The van der Waals surface area contributed by atoms with Gasteiger partial charge in [-0.15, -0.1) is 0 Å². The summed E-state index contributed by atoms with van der Waals surface area (Å²) in [4.78, 5) is 11.9. The Hall–Kier alpha value is -1.94. The fourth-order valence-electron chi connectivity index (χ4n) is 2.08. The Labute approximate surface area is 113 Å². The van der Waals surface area contributed by atoms with Crippen LogP contribution in [0.1, 0.15) is 30.1 Å². The van der Waals surface area contributed by atoms with E-state index in [1.54, 1.807) is 10.9 Å². The molecule has 1 aromatic heterocycles. The maximum atomic E-state index is 11.9. The molecule has 2 N–H and O–H groups in total. The average molecular weight is 257 g/mol. The molecule has 4 nitrogen and oxygen atoms in total. The van der Waals surface area contributed by atoms with Crippen LogP contribution in [0.25, 0.3) is 0 Å². The summed E-state index contributed by atoms with van der Waals surface area (Å²) in [5.74, 6) is 0.192. The highest BCUT2D eigenvalue weighted by Crippen LogP contribution is 2.15. The molecule has 19 heavy (non-hydrogen) atoms. The Balaban J connectivity index is 1.83. The molecule has 0 aliphatic heterocycles. The third-order valence-corrected chi connectivity index (χ3v) is 3.26. The molecule has 0 amide bonds. The molecule has 1 unspecified atom stereocenters. The van der Waals surface area contributed by atoms with Crippen molar-refractivity contribution in [3.05, 3.63) is 53.9 Å². The van der Waals surface area contributed by atoms with E-state index in [1.807, 2.05) is 43.4 Å². The van der Waals surface area contributed by atoms with Gasteiger partial charge in [-0.05, 0) is 18.1 Å². The minimum atomic E-state index is -0.208. The van der Waals surface area contributed by atoms with Crippen LogP contribution in [0, 0.1) is 0 Å². The smallest absolute Gasteiger partial charge is 0.135 e. The van der Waals surface area contributed by atoms with Crippen LogP contribution in [-0.4, -0.2) is 15.6 Å². The second-order valence-corrected chi connectivity index (χ2v) is 4.71. The van der Waals surface area contributed by atoms with E-state index in [4.69, 9.17) is 5.73 Å². The molecule has 0 fully saturated rings. The van der Waals surface area contributed by atoms with Gasteiger partial charge in [-0.3, -0.25) is 9.48 Å². The van der Waals surface area contributed by atoms with Crippen LogP contribution < -0.4 is 5.73 Å². The highest BCUT2D eigenvalue weighted by Gasteiger charge is 2.12. The van der Waals surface area contributed by atoms with Gasteiger partial charge in [0.05, 0.1) is 0 Å². The number of nitrogens with two attached hydrogens (primary N) is 1. The Kier molecular flexibility index (Phi) is 4.47. The number of nitrogens with zero attached hydrogens (tertiary/aromatic N) is 2. The molecule has 0 radical (unpaired) electrons. The predicted octanol–water partition coefficient (Wildman–Crippen LogP) is 2.01. The maximum absolute atomic E-state index is 11.9. The summed E-state index contributed by atoms with van der Waals surface area (Å²) in [6.07, 6.45) is 3.37. The number of rotatable bonds is 6. The van der Waals surface area contributed by atoms with Crippen LogP contribution in [0.15, 0.2) is 42.6 Å². The standard InChI is InChI=1S/C15H19N3O/c1-18-13(9-10-17-18)7-8-14(19)11-15(16)12-5-3-2-4-6-12/h2-6,9-10,15H,7-8,11,16H2,1H3. The summed E-state index contributed by atoms with van der Waals surface area (Å²) in [7, 11) is 1.88. The number of aromatic nitrogens is 2. The summed E-state index contributed by atoms with van der Waals surface area (Å²) in [6.45, 7) is 0. The third-order valence-electron chi connectivity index (χ3n) is 3.26. The van der Waals surface area contributed by atoms with Crippen LogP contribution in [-0.2, 0) is 18.3 Å². The van der Waals surface area contributed by atoms with E-state index in [-0.39, 0.29) is 11.8 Å². The Morgan fingerprint density at radius 3 is 2.68 bits per heavy atom. The molecule has 0 saturated carbocycles. The SMILES string of the molecule is Cn1nccc1CCC(=O)CC(N)c1ccccc1. The Morgan fingerprint density at radius 1 is 1.32 bits per heavy atom. The van der Waals surface area contributed by atoms with Gasteiger partial charge in [-0.2, -0.15) is 5.10 Å². The van der Waals surface area contributed by atoms with Gasteiger partial charge >= 0.3 is 0 Å². The zero-order valence-electron chi connectivity index (χ0n) is 11.1. The van der Waals surface area contributed by atoms with E-state index in [0.717, 1.165) is 17.7 Å². The van der Waals surface area contributed by atoms with Crippen LogP contribution in [0.3, 0.4) is 0 Å². The largest absolute Gasteiger partial charge is 0.324 e. The van der Waals surface area contributed by atoms with Crippen molar-refractivity contribution in [2.45, 2.75) is 25.3 Å². The van der Waals surface area contributed by atoms with Crippen molar-refractivity contribution in [3.8, 4) is 0 Å². The number of hydrogen-bond donors (Lipinski definition) is 1. The zero-order valence-corrected chi connectivity index (χ0v) is 11.1. The molecular weight excluding hydrogens is 238 g/mol. The first-order valence-electron chi connectivity index (χ1n) is 6.46. The first kappa shape index (κ1) is 13.5. The molecular formula is C15H19N3O. The normalized spacial score (nSPS) is 12.3. The average Bonchev–Trinajstić information content (AvgIpc) is 2.83. The molecule has 0 bridgehead atoms. The van der Waals surface area contributed by atoms with Crippen molar-refractivity contribution in [1.29, 1.82) is 0 Å². The molecule has 1 heterocycles. The van der Waals surface area contributed by atoms with Gasteiger partial charge in [0.2, 0.25) is 0 Å². The summed E-state index contributed by atoms with van der Waals surface area (Å²) < 4.78 is 1.80. The van der Waals surface area contributed by atoms with Crippen molar-refractivity contribution >= 4 is 5.78 Å². The first-order chi connectivity index (χ1) is 9.16. The van der Waals surface area contributed by atoms with E-state index in [2.05, 4.69) is 5.10 Å². The van der Waals surface area contributed by atoms with Crippen molar-refractivity contribution in [3.63, 3.8) is 0 Å². The number of carbonyl (C=O) groups is 1. The quantitative estimate of drug-likeness (QED) is 0.861. The Morgan fingerprint density at radius 2 is 2.05 bits per heavy atom. The maximum Gasteiger partial charge on any atom is 0.135 e. The molecule has 2 rings (SSSR count). The van der Waals surface area contributed by atoms with E-state index in [1.165, 1.54) is 0 Å². The number of ketones is 1. The topological polar surface area (TPSA) is 60.9 Å². The minimum Gasteiger partial charge on any atom is -0.324 e. The second kappa shape index (κ2) is 6.29. The summed E-state index contributed by atoms with van der Waals surface area (Å²) in [5.41, 5.74) is 8.12. The molecule has 0 aliphatic carbocycles. The van der Waals surface area contributed by atoms with Crippen LogP contribution in [0.2, 0.25) is 0 Å². The molecule has 0 spiro atoms. The number of carbonyl (C=O) groups excluding carboxylic acids is 1. The number of benzene rings is 1. The van der Waals surface area contributed by atoms with Crippen molar-refractivity contribution in [1.82, 2.24) is 9.78 Å².